The van der Waals surface area contributed by atoms with Crippen LogP contribution in [0.3, 0.4) is 0 Å². The second-order valence-electron chi connectivity index (χ2n) is 3.81. The molecule has 2 bridgehead atoms. The van der Waals surface area contributed by atoms with Crippen LogP contribution in [0.4, 0.5) is 0 Å². The number of carbonyl (C=O) groups is 2. The van der Waals surface area contributed by atoms with Crippen LogP contribution >= 0.6 is 0 Å². The SMILES string of the molecule is COC(=O)C12CCC(CC1=O)C2. The minimum absolute atomic E-state index is 0.102. The highest BCUT2D eigenvalue weighted by Gasteiger charge is 2.57. The molecule has 2 atom stereocenters. The molecular formula is C9H12O3. The topological polar surface area (TPSA) is 43.4 Å². The molecule has 0 radical (unpaired) electrons. The first kappa shape index (κ1) is 7.77. The van der Waals surface area contributed by atoms with Gasteiger partial charge in [0.05, 0.1) is 7.11 Å². The van der Waals surface area contributed by atoms with Crippen molar-refractivity contribution in [2.75, 3.05) is 7.11 Å². The molecule has 0 heterocycles. The lowest BCUT2D eigenvalue weighted by molar-refractivity contribution is -0.156. The number of esters is 1. The van der Waals surface area contributed by atoms with Gasteiger partial charge in [-0.25, -0.2) is 0 Å². The summed E-state index contributed by atoms with van der Waals surface area (Å²) in [4.78, 5) is 22.8. The molecule has 3 nitrogen and oxygen atoms in total. The molecule has 2 saturated carbocycles. The van der Waals surface area contributed by atoms with Gasteiger partial charge in [0.25, 0.3) is 0 Å². The van der Waals surface area contributed by atoms with Crippen LogP contribution in [0, 0.1) is 11.3 Å². The van der Waals surface area contributed by atoms with E-state index >= 15 is 0 Å². The number of hydrogen-bond donors (Lipinski definition) is 0. The molecule has 2 fully saturated rings. The number of carbonyl (C=O) groups excluding carboxylic acids is 2. The molecule has 0 N–H and O–H groups in total. The van der Waals surface area contributed by atoms with Crippen molar-refractivity contribution in [1.82, 2.24) is 0 Å². The fourth-order valence-corrected chi connectivity index (χ4v) is 2.53. The van der Waals surface area contributed by atoms with E-state index in [4.69, 9.17) is 0 Å². The molecule has 0 aromatic heterocycles. The van der Waals surface area contributed by atoms with E-state index in [-0.39, 0.29) is 11.8 Å². The maximum atomic E-state index is 11.5. The van der Waals surface area contributed by atoms with Gasteiger partial charge in [0.2, 0.25) is 0 Å². The van der Waals surface area contributed by atoms with Crippen molar-refractivity contribution >= 4 is 11.8 Å². The van der Waals surface area contributed by atoms with Gasteiger partial charge in [-0.15, -0.1) is 0 Å². The Labute approximate surface area is 71.1 Å². The highest BCUT2D eigenvalue weighted by Crippen LogP contribution is 2.52. The summed E-state index contributed by atoms with van der Waals surface area (Å²) in [5.41, 5.74) is -0.723. The molecule has 12 heavy (non-hydrogen) atoms. The summed E-state index contributed by atoms with van der Waals surface area (Å²) < 4.78 is 4.67. The van der Waals surface area contributed by atoms with Crippen molar-refractivity contribution in [3.8, 4) is 0 Å². The second-order valence-corrected chi connectivity index (χ2v) is 3.81. The Morgan fingerprint density at radius 3 is 2.83 bits per heavy atom. The Bertz CT molecular complexity index is 246. The number of fused-ring (bicyclic) bond motifs is 2. The average Bonchev–Trinajstić information content (AvgIpc) is 2.60. The molecule has 66 valence electrons. The van der Waals surface area contributed by atoms with E-state index in [1.807, 2.05) is 0 Å². The first-order valence-corrected chi connectivity index (χ1v) is 4.31. The zero-order valence-corrected chi connectivity index (χ0v) is 7.13. The summed E-state index contributed by atoms with van der Waals surface area (Å²) >= 11 is 0. The molecule has 3 heteroatoms. The molecule has 2 aliphatic carbocycles. The van der Waals surface area contributed by atoms with Gasteiger partial charge in [-0.3, -0.25) is 9.59 Å². The van der Waals surface area contributed by atoms with Crippen molar-refractivity contribution in [2.45, 2.75) is 25.7 Å². The summed E-state index contributed by atoms with van der Waals surface area (Å²) in [7, 11) is 1.36. The van der Waals surface area contributed by atoms with Crippen molar-refractivity contribution in [3.63, 3.8) is 0 Å². The normalized spacial score (nSPS) is 38.8. The van der Waals surface area contributed by atoms with Crippen molar-refractivity contribution in [2.24, 2.45) is 11.3 Å². The van der Waals surface area contributed by atoms with Crippen LogP contribution in [0.25, 0.3) is 0 Å². The van der Waals surface area contributed by atoms with Gasteiger partial charge < -0.3 is 4.74 Å². The monoisotopic (exact) mass is 168 g/mol. The average molecular weight is 168 g/mol. The van der Waals surface area contributed by atoms with Gasteiger partial charge in [-0.2, -0.15) is 0 Å². The molecule has 2 unspecified atom stereocenters. The Morgan fingerprint density at radius 1 is 1.67 bits per heavy atom. The Morgan fingerprint density at radius 2 is 2.42 bits per heavy atom. The fraction of sp³-hybridized carbons (Fsp3) is 0.778. The van der Waals surface area contributed by atoms with Gasteiger partial charge in [-0.1, -0.05) is 0 Å². The quantitative estimate of drug-likeness (QED) is 0.432. The highest BCUT2D eigenvalue weighted by molar-refractivity contribution is 6.06. The largest absolute Gasteiger partial charge is 0.468 e. The van der Waals surface area contributed by atoms with Crippen LogP contribution in [0.1, 0.15) is 25.7 Å². The minimum Gasteiger partial charge on any atom is -0.468 e. The minimum atomic E-state index is -0.723. The molecule has 0 aliphatic heterocycles. The maximum absolute atomic E-state index is 11.5. The van der Waals surface area contributed by atoms with Gasteiger partial charge in [-0.05, 0) is 25.2 Å². The fourth-order valence-electron chi connectivity index (χ4n) is 2.53. The Kier molecular flexibility index (Phi) is 1.50. The van der Waals surface area contributed by atoms with E-state index in [1.165, 1.54) is 7.11 Å². The van der Waals surface area contributed by atoms with E-state index in [1.54, 1.807) is 0 Å². The van der Waals surface area contributed by atoms with Crippen LogP contribution in [0.5, 0.6) is 0 Å². The van der Waals surface area contributed by atoms with E-state index < -0.39 is 5.41 Å². The lowest BCUT2D eigenvalue weighted by Crippen LogP contribution is -2.35. The Balaban J connectivity index is 2.29. The Hall–Kier alpha value is -0.860. The lowest BCUT2D eigenvalue weighted by atomic mass is 9.83. The molecule has 0 aromatic carbocycles. The van der Waals surface area contributed by atoms with E-state index in [9.17, 15) is 9.59 Å². The first-order valence-electron chi connectivity index (χ1n) is 4.31. The molecule has 0 aromatic rings. The third-order valence-electron chi connectivity index (χ3n) is 3.20. The van der Waals surface area contributed by atoms with Gasteiger partial charge in [0.15, 0.2) is 0 Å². The summed E-state index contributed by atoms with van der Waals surface area (Å²) in [5.74, 6) is 0.245. The molecule has 2 aliphatic rings. The zero-order chi connectivity index (χ0) is 8.77. The van der Waals surface area contributed by atoms with Crippen LogP contribution < -0.4 is 0 Å². The summed E-state index contributed by atoms with van der Waals surface area (Å²) in [6.45, 7) is 0. The van der Waals surface area contributed by atoms with Gasteiger partial charge in [0, 0.05) is 6.42 Å². The molecule has 2 rings (SSSR count). The third kappa shape index (κ3) is 0.765. The smallest absolute Gasteiger partial charge is 0.319 e. The summed E-state index contributed by atoms with van der Waals surface area (Å²) in [6.07, 6.45) is 3.05. The van der Waals surface area contributed by atoms with Crippen LogP contribution in [0.2, 0.25) is 0 Å². The van der Waals surface area contributed by atoms with E-state index in [0.29, 0.717) is 18.8 Å². The first-order chi connectivity index (χ1) is 5.69. The molecular weight excluding hydrogens is 156 g/mol. The van der Waals surface area contributed by atoms with Crippen molar-refractivity contribution in [1.29, 1.82) is 0 Å². The standard InChI is InChI=1S/C9H12O3/c1-12-8(11)9-3-2-6(5-9)4-7(9)10/h6H,2-5H2,1H3. The van der Waals surface area contributed by atoms with Crippen LogP contribution in [0.15, 0.2) is 0 Å². The maximum Gasteiger partial charge on any atom is 0.319 e. The molecule has 0 saturated heterocycles. The zero-order valence-electron chi connectivity index (χ0n) is 7.13. The van der Waals surface area contributed by atoms with E-state index in [2.05, 4.69) is 4.74 Å². The van der Waals surface area contributed by atoms with E-state index in [0.717, 1.165) is 12.8 Å². The second kappa shape index (κ2) is 2.31. The molecule has 0 amide bonds. The number of Topliss-reactive ketones (excluding diaryl/α,β-unsaturated/α-hetero) is 1. The van der Waals surface area contributed by atoms with Crippen molar-refractivity contribution in [3.05, 3.63) is 0 Å². The van der Waals surface area contributed by atoms with Crippen LogP contribution in [-0.4, -0.2) is 18.9 Å². The van der Waals surface area contributed by atoms with Crippen LogP contribution in [-0.2, 0) is 14.3 Å². The molecule has 0 spiro atoms. The highest BCUT2D eigenvalue weighted by atomic mass is 16.5. The number of ether oxygens (including phenoxy) is 1. The lowest BCUT2D eigenvalue weighted by Gasteiger charge is -2.20. The number of methoxy groups -OCH3 is 1. The third-order valence-corrected chi connectivity index (χ3v) is 3.20. The van der Waals surface area contributed by atoms with Crippen molar-refractivity contribution < 1.29 is 14.3 Å². The number of hydrogen-bond acceptors (Lipinski definition) is 3. The predicted octanol–water partition coefficient (Wildman–Crippen LogP) is 0.919. The summed E-state index contributed by atoms with van der Waals surface area (Å²) in [6, 6.07) is 0. The number of rotatable bonds is 1. The van der Waals surface area contributed by atoms with Gasteiger partial charge >= 0.3 is 5.97 Å². The number of ketones is 1. The van der Waals surface area contributed by atoms with Gasteiger partial charge in [0.1, 0.15) is 11.2 Å². The summed E-state index contributed by atoms with van der Waals surface area (Å²) in [5, 5.41) is 0. The predicted molar refractivity (Wildman–Crippen MR) is 41.4 cm³/mol.